The summed E-state index contributed by atoms with van der Waals surface area (Å²) in [5, 5.41) is 12.6. The van der Waals surface area contributed by atoms with E-state index < -0.39 is 11.9 Å². The fourth-order valence-electron chi connectivity index (χ4n) is 2.70. The maximum Gasteiger partial charge on any atom is 0.317 e. The normalized spacial score (nSPS) is 31.6. The maximum absolute atomic E-state index is 12.0. The predicted octanol–water partition coefficient (Wildman–Crippen LogP) is 1.39. The van der Waals surface area contributed by atoms with Gasteiger partial charge < -0.3 is 15.3 Å². The van der Waals surface area contributed by atoms with Crippen molar-refractivity contribution >= 4 is 23.8 Å². The molecular weight excluding hydrogens is 252 g/mol. The van der Waals surface area contributed by atoms with Crippen LogP contribution in [0, 0.1) is 5.92 Å². The van der Waals surface area contributed by atoms with Crippen LogP contribution in [0.3, 0.4) is 0 Å². The molecule has 102 valence electrons. The Morgan fingerprint density at radius 1 is 1.33 bits per heavy atom. The lowest BCUT2D eigenvalue weighted by molar-refractivity contribution is -0.141. The van der Waals surface area contributed by atoms with Crippen LogP contribution in [0.15, 0.2) is 0 Å². The fourth-order valence-corrected chi connectivity index (χ4v) is 3.49. The molecule has 18 heavy (non-hydrogen) atoms. The number of carbonyl (C=O) groups is 2. The van der Waals surface area contributed by atoms with Crippen LogP contribution < -0.4 is 5.32 Å². The average Bonchev–Trinajstić information content (AvgIpc) is 2.97. The quantitative estimate of drug-likeness (QED) is 0.814. The van der Waals surface area contributed by atoms with E-state index in [0.29, 0.717) is 24.8 Å². The lowest BCUT2D eigenvalue weighted by atomic mass is 10.1. The molecule has 5 nitrogen and oxygen atoms in total. The standard InChI is InChI=1S/C12H20N2O3S/c1-18-10-3-2-9(6-10)13-12(17)14-5-4-8(7-14)11(15)16/h8-10H,2-7H2,1H3,(H,13,17)(H,15,16). The minimum absolute atomic E-state index is 0.0921. The van der Waals surface area contributed by atoms with E-state index in [1.165, 1.54) is 0 Å². The molecule has 3 unspecified atom stereocenters. The van der Waals surface area contributed by atoms with Crippen LogP contribution in [-0.4, -0.2) is 52.6 Å². The maximum atomic E-state index is 12.0. The summed E-state index contributed by atoms with van der Waals surface area (Å²) in [6, 6.07) is 0.171. The van der Waals surface area contributed by atoms with Crippen molar-refractivity contribution < 1.29 is 14.7 Å². The number of likely N-dealkylation sites (tertiary alicyclic amines) is 1. The Balaban J connectivity index is 1.77. The van der Waals surface area contributed by atoms with Crippen LogP contribution in [-0.2, 0) is 4.79 Å². The van der Waals surface area contributed by atoms with Crippen LogP contribution in [0.2, 0.25) is 0 Å². The third kappa shape index (κ3) is 3.10. The Hall–Kier alpha value is -0.910. The summed E-state index contributed by atoms with van der Waals surface area (Å²) < 4.78 is 0. The molecular formula is C12H20N2O3S. The third-order valence-electron chi connectivity index (χ3n) is 3.87. The first kappa shape index (κ1) is 13.5. The SMILES string of the molecule is CSC1CCC(NC(=O)N2CCC(C(=O)O)C2)C1. The fraction of sp³-hybridized carbons (Fsp3) is 0.833. The Bertz CT molecular complexity index is 337. The molecule has 3 atom stereocenters. The second kappa shape index (κ2) is 5.82. The lowest BCUT2D eigenvalue weighted by Gasteiger charge is -2.20. The molecule has 2 rings (SSSR count). The number of nitrogens with one attached hydrogen (secondary N) is 1. The van der Waals surface area contributed by atoms with Gasteiger partial charge in [-0.1, -0.05) is 0 Å². The molecule has 0 spiro atoms. The molecule has 2 aliphatic rings. The topological polar surface area (TPSA) is 69.6 Å². The van der Waals surface area contributed by atoms with Crippen molar-refractivity contribution in [2.75, 3.05) is 19.3 Å². The number of amides is 2. The zero-order valence-corrected chi connectivity index (χ0v) is 11.4. The summed E-state index contributed by atoms with van der Waals surface area (Å²) in [4.78, 5) is 24.4. The largest absolute Gasteiger partial charge is 0.481 e. The van der Waals surface area contributed by atoms with Gasteiger partial charge in [0.2, 0.25) is 0 Å². The summed E-state index contributed by atoms with van der Waals surface area (Å²) in [6.07, 6.45) is 5.90. The summed E-state index contributed by atoms with van der Waals surface area (Å²) in [7, 11) is 0. The van der Waals surface area contributed by atoms with Crippen molar-refractivity contribution in [3.63, 3.8) is 0 Å². The molecule has 1 aliphatic carbocycles. The summed E-state index contributed by atoms with van der Waals surface area (Å²) in [5.41, 5.74) is 0. The summed E-state index contributed by atoms with van der Waals surface area (Å²) in [5.74, 6) is -1.19. The van der Waals surface area contributed by atoms with Gasteiger partial charge in [-0.15, -0.1) is 0 Å². The smallest absolute Gasteiger partial charge is 0.317 e. The Morgan fingerprint density at radius 3 is 2.67 bits per heavy atom. The highest BCUT2D eigenvalue weighted by Gasteiger charge is 2.32. The minimum atomic E-state index is -0.798. The minimum Gasteiger partial charge on any atom is -0.481 e. The second-order valence-electron chi connectivity index (χ2n) is 5.09. The van der Waals surface area contributed by atoms with E-state index in [4.69, 9.17) is 5.11 Å². The molecule has 1 saturated carbocycles. The molecule has 0 aromatic rings. The van der Waals surface area contributed by atoms with E-state index in [0.717, 1.165) is 19.3 Å². The number of rotatable bonds is 3. The van der Waals surface area contributed by atoms with Gasteiger partial charge in [0.25, 0.3) is 0 Å². The van der Waals surface area contributed by atoms with Crippen molar-refractivity contribution in [2.24, 2.45) is 5.92 Å². The number of thioether (sulfide) groups is 1. The van der Waals surface area contributed by atoms with E-state index in [1.807, 2.05) is 11.8 Å². The van der Waals surface area contributed by atoms with Gasteiger partial charge in [-0.2, -0.15) is 11.8 Å². The number of hydrogen-bond donors (Lipinski definition) is 2. The molecule has 1 aliphatic heterocycles. The summed E-state index contributed by atoms with van der Waals surface area (Å²) in [6.45, 7) is 0.904. The van der Waals surface area contributed by atoms with Gasteiger partial charge >= 0.3 is 12.0 Å². The van der Waals surface area contributed by atoms with Crippen molar-refractivity contribution in [2.45, 2.75) is 37.0 Å². The van der Waals surface area contributed by atoms with Gasteiger partial charge in [0.05, 0.1) is 5.92 Å². The van der Waals surface area contributed by atoms with Crippen molar-refractivity contribution in [1.82, 2.24) is 10.2 Å². The van der Waals surface area contributed by atoms with Gasteiger partial charge in [0.1, 0.15) is 0 Å². The Morgan fingerprint density at radius 2 is 2.11 bits per heavy atom. The van der Waals surface area contributed by atoms with E-state index in [1.54, 1.807) is 4.90 Å². The number of urea groups is 1. The third-order valence-corrected chi connectivity index (χ3v) is 4.96. The van der Waals surface area contributed by atoms with Gasteiger partial charge in [0.15, 0.2) is 0 Å². The molecule has 6 heteroatoms. The number of carbonyl (C=O) groups excluding carboxylic acids is 1. The zero-order chi connectivity index (χ0) is 13.1. The number of nitrogens with zero attached hydrogens (tertiary/aromatic N) is 1. The molecule has 2 fully saturated rings. The van der Waals surface area contributed by atoms with Gasteiger partial charge in [-0.05, 0) is 31.9 Å². The molecule has 0 aromatic carbocycles. The van der Waals surface area contributed by atoms with Crippen LogP contribution in [0.5, 0.6) is 0 Å². The highest BCUT2D eigenvalue weighted by Crippen LogP contribution is 2.28. The van der Waals surface area contributed by atoms with E-state index in [2.05, 4.69) is 11.6 Å². The van der Waals surface area contributed by atoms with Crippen molar-refractivity contribution in [1.29, 1.82) is 0 Å². The lowest BCUT2D eigenvalue weighted by Crippen LogP contribution is -2.43. The zero-order valence-electron chi connectivity index (χ0n) is 10.6. The first-order valence-electron chi connectivity index (χ1n) is 6.41. The molecule has 1 heterocycles. The molecule has 2 amide bonds. The summed E-state index contributed by atoms with van der Waals surface area (Å²) >= 11 is 1.86. The van der Waals surface area contributed by atoms with E-state index in [9.17, 15) is 9.59 Å². The van der Waals surface area contributed by atoms with Crippen LogP contribution in [0.25, 0.3) is 0 Å². The molecule has 1 saturated heterocycles. The van der Waals surface area contributed by atoms with Gasteiger partial charge in [-0.3, -0.25) is 4.79 Å². The first-order valence-corrected chi connectivity index (χ1v) is 7.70. The molecule has 0 aromatic heterocycles. The Labute approximate surface area is 111 Å². The predicted molar refractivity (Wildman–Crippen MR) is 70.8 cm³/mol. The number of carboxylic acid groups (broad SMARTS) is 1. The van der Waals surface area contributed by atoms with Gasteiger partial charge in [-0.25, -0.2) is 4.79 Å². The van der Waals surface area contributed by atoms with E-state index in [-0.39, 0.29) is 12.1 Å². The monoisotopic (exact) mass is 272 g/mol. The molecule has 2 N–H and O–H groups in total. The van der Waals surface area contributed by atoms with E-state index >= 15 is 0 Å². The number of hydrogen-bond acceptors (Lipinski definition) is 3. The molecule has 0 radical (unpaired) electrons. The Kier molecular flexibility index (Phi) is 4.37. The van der Waals surface area contributed by atoms with Crippen molar-refractivity contribution in [3.05, 3.63) is 0 Å². The number of carboxylic acids is 1. The van der Waals surface area contributed by atoms with Crippen LogP contribution in [0.4, 0.5) is 4.79 Å². The first-order chi connectivity index (χ1) is 8.60. The number of aliphatic carboxylic acids is 1. The molecule has 0 bridgehead atoms. The van der Waals surface area contributed by atoms with Crippen molar-refractivity contribution in [3.8, 4) is 0 Å². The average molecular weight is 272 g/mol. The highest BCUT2D eigenvalue weighted by atomic mass is 32.2. The highest BCUT2D eigenvalue weighted by molar-refractivity contribution is 7.99. The second-order valence-corrected chi connectivity index (χ2v) is 6.23. The van der Waals surface area contributed by atoms with Gasteiger partial charge in [0, 0.05) is 24.4 Å². The van der Waals surface area contributed by atoms with Crippen LogP contribution in [0.1, 0.15) is 25.7 Å². The van der Waals surface area contributed by atoms with Crippen LogP contribution >= 0.6 is 11.8 Å².